The lowest BCUT2D eigenvalue weighted by Crippen LogP contribution is -2.62. The molecule has 4 unspecified atom stereocenters. The van der Waals surface area contributed by atoms with E-state index >= 15 is 0 Å². The molecular formula is C40H88O8Si7. The molecule has 15 heteroatoms. The molecular weight excluding hydrogens is 805 g/mol. The Labute approximate surface area is 348 Å². The Morgan fingerprint density at radius 2 is 0.891 bits per heavy atom. The van der Waals surface area contributed by atoms with Crippen LogP contribution in [0.5, 0.6) is 0 Å². The number of hydrogen-bond donors (Lipinski definition) is 0. The molecule has 8 nitrogen and oxygen atoms in total. The second kappa shape index (κ2) is 25.3. The van der Waals surface area contributed by atoms with Gasteiger partial charge in [0.25, 0.3) is 0 Å². The van der Waals surface area contributed by atoms with Crippen LogP contribution in [-0.2, 0) is 33.9 Å². The van der Waals surface area contributed by atoms with E-state index in [1.165, 1.54) is 63.4 Å². The summed E-state index contributed by atoms with van der Waals surface area (Å²) in [6, 6.07) is 13.9. The van der Waals surface area contributed by atoms with Crippen molar-refractivity contribution in [3.63, 3.8) is 0 Å². The quantitative estimate of drug-likeness (QED) is 0.0510. The van der Waals surface area contributed by atoms with E-state index in [1.807, 2.05) is 20.8 Å². The van der Waals surface area contributed by atoms with E-state index in [1.54, 1.807) is 0 Å². The fourth-order valence-corrected chi connectivity index (χ4v) is 42.3. The number of hydrogen-bond acceptors (Lipinski definition) is 8. The normalized spacial score (nSPS) is 17.1. The molecule has 0 heterocycles. The van der Waals surface area contributed by atoms with Gasteiger partial charge in [0.05, 0.1) is 0 Å². The third-order valence-electron chi connectivity index (χ3n) is 9.41. The first kappa shape index (κ1) is 53.4. The predicted octanol–water partition coefficient (Wildman–Crippen LogP) is 13.4. The van der Waals surface area contributed by atoms with Crippen LogP contribution in [0.15, 0.2) is 30.3 Å². The van der Waals surface area contributed by atoms with Gasteiger partial charge >= 0.3 is 43.0 Å². The summed E-state index contributed by atoms with van der Waals surface area (Å²) in [7, 11) is -18.1. The Kier molecular flexibility index (Phi) is 24.5. The number of rotatable bonds is 33. The molecule has 324 valence electrons. The molecule has 1 rings (SSSR count). The van der Waals surface area contributed by atoms with Gasteiger partial charge in [-0.3, -0.25) is 0 Å². The monoisotopic (exact) mass is 892 g/mol. The second-order valence-electron chi connectivity index (χ2n) is 18.5. The highest BCUT2D eigenvalue weighted by atomic mass is 28.5. The van der Waals surface area contributed by atoms with Crippen LogP contribution >= 0.6 is 0 Å². The summed E-state index contributed by atoms with van der Waals surface area (Å²) < 4.78 is 55.8. The summed E-state index contributed by atoms with van der Waals surface area (Å²) in [5, 5.41) is 0. The van der Waals surface area contributed by atoms with Crippen LogP contribution < -0.4 is 0 Å². The molecule has 0 bridgehead atoms. The van der Waals surface area contributed by atoms with Crippen molar-refractivity contribution < 1.29 is 33.9 Å². The van der Waals surface area contributed by atoms with Gasteiger partial charge in [-0.2, -0.15) is 0 Å². The molecule has 1 aromatic rings. The molecule has 0 amide bonds. The first-order valence-electron chi connectivity index (χ1n) is 21.9. The van der Waals surface area contributed by atoms with Crippen molar-refractivity contribution in [3.8, 4) is 0 Å². The largest absolute Gasteiger partial charge is 0.500 e. The topological polar surface area (TPSA) is 73.8 Å². The lowest BCUT2D eigenvalue weighted by Gasteiger charge is -2.47. The fraction of sp³-hybridized carbons (Fsp3) is 0.850. The lowest BCUT2D eigenvalue weighted by atomic mass is 10.0. The molecule has 55 heavy (non-hydrogen) atoms. The van der Waals surface area contributed by atoms with Crippen LogP contribution in [-0.4, -0.2) is 79.5 Å². The second-order valence-corrected chi connectivity index (χ2v) is 44.7. The molecule has 1 aromatic carbocycles. The maximum absolute atomic E-state index is 7.73. The molecule has 0 spiro atoms. The summed E-state index contributed by atoms with van der Waals surface area (Å²) in [5.74, 6) is 0.241. The molecule has 0 saturated carbocycles. The minimum atomic E-state index is -3.01. The van der Waals surface area contributed by atoms with Gasteiger partial charge in [-0.15, -0.1) is 0 Å². The molecule has 0 N–H and O–H groups in total. The van der Waals surface area contributed by atoms with Crippen molar-refractivity contribution in [3.05, 3.63) is 35.9 Å². The lowest BCUT2D eigenvalue weighted by molar-refractivity contribution is 0.0719. The molecule has 0 aromatic heterocycles. The molecule has 4 atom stereocenters. The van der Waals surface area contributed by atoms with Crippen LogP contribution in [0.25, 0.3) is 0 Å². The van der Waals surface area contributed by atoms with Gasteiger partial charge in [0.15, 0.2) is 16.6 Å². The van der Waals surface area contributed by atoms with Crippen LogP contribution in [0.1, 0.15) is 110 Å². The van der Waals surface area contributed by atoms with E-state index in [-0.39, 0.29) is 5.92 Å². The fourth-order valence-electron chi connectivity index (χ4n) is 7.96. The maximum atomic E-state index is 7.73. The van der Waals surface area contributed by atoms with Gasteiger partial charge in [-0.1, -0.05) is 108 Å². The number of unbranched alkanes of at least 4 members (excludes halogenated alkanes) is 9. The van der Waals surface area contributed by atoms with Gasteiger partial charge < -0.3 is 33.9 Å². The zero-order valence-electron chi connectivity index (χ0n) is 38.8. The van der Waals surface area contributed by atoms with Crippen molar-refractivity contribution in [2.75, 3.05) is 19.8 Å². The third-order valence-corrected chi connectivity index (χ3v) is 35.9. The standard InChI is InChI=1S/C40H88O8Si7/c1-17-21-22-23-24-25-26-27-28-32-35-52(14,46-51(12,13)44-49(6,7)8)47-54(16,38-39(5)40-33-30-29-31-34-40)48-53(15,45-50(9,10)11)36-37-55(41-18-2,42-19-3)43-20-4/h29-31,33-34,39H,17-28,32,35-38H2,1-16H3. The molecule has 0 aliphatic heterocycles. The Hall–Kier alpha value is 0.418. The molecule has 0 aliphatic carbocycles. The Bertz CT molecular complexity index is 1140. The molecule has 0 fully saturated rings. The minimum absolute atomic E-state index is 0.241. The van der Waals surface area contributed by atoms with Crippen LogP contribution in [0.2, 0.25) is 96.2 Å². The average Bonchev–Trinajstić information content (AvgIpc) is 3.03. The van der Waals surface area contributed by atoms with Crippen molar-refractivity contribution in [2.45, 2.75) is 201 Å². The predicted molar refractivity (Wildman–Crippen MR) is 251 cm³/mol. The summed E-state index contributed by atoms with van der Waals surface area (Å²) >= 11 is 0. The summed E-state index contributed by atoms with van der Waals surface area (Å²) in [6.45, 7) is 37.2. The molecule has 0 radical (unpaired) electrons. The average molecular weight is 894 g/mol. The summed E-state index contributed by atoms with van der Waals surface area (Å²) in [6.07, 6.45) is 13.0. The van der Waals surface area contributed by atoms with Crippen molar-refractivity contribution in [1.82, 2.24) is 0 Å². The SMILES string of the molecule is CCCCCCCCCCCC[Si](C)(O[Si](C)(C)O[Si](C)(C)C)O[Si](C)(CC(C)c1ccccc1)O[Si](C)(CC[Si](OCC)(OCC)OCC)O[Si](C)(C)C. The smallest absolute Gasteiger partial charge is 0.437 e. The van der Waals surface area contributed by atoms with Crippen LogP contribution in [0.3, 0.4) is 0 Å². The summed E-state index contributed by atoms with van der Waals surface area (Å²) in [5.41, 5.74) is 1.30. The maximum Gasteiger partial charge on any atom is 0.500 e. The van der Waals surface area contributed by atoms with Gasteiger partial charge in [-0.25, -0.2) is 0 Å². The highest BCUT2D eigenvalue weighted by Gasteiger charge is 2.53. The van der Waals surface area contributed by atoms with Gasteiger partial charge in [0.1, 0.15) is 0 Å². The summed E-state index contributed by atoms with van der Waals surface area (Å²) in [4.78, 5) is 0. The van der Waals surface area contributed by atoms with E-state index in [0.29, 0.717) is 31.9 Å². The minimum Gasteiger partial charge on any atom is -0.437 e. The molecule has 0 saturated heterocycles. The van der Waals surface area contributed by atoms with Gasteiger partial charge in [0.2, 0.25) is 0 Å². The number of benzene rings is 1. The highest BCUT2D eigenvalue weighted by molar-refractivity contribution is 6.92. The van der Waals surface area contributed by atoms with E-state index in [9.17, 15) is 0 Å². The zero-order chi connectivity index (χ0) is 41.9. The van der Waals surface area contributed by atoms with Crippen molar-refractivity contribution >= 4 is 59.7 Å². The van der Waals surface area contributed by atoms with Crippen LogP contribution in [0, 0.1) is 0 Å². The highest BCUT2D eigenvalue weighted by Crippen LogP contribution is 2.38. The Morgan fingerprint density at radius 3 is 1.33 bits per heavy atom. The Morgan fingerprint density at radius 1 is 0.455 bits per heavy atom. The first-order chi connectivity index (χ1) is 25.5. The van der Waals surface area contributed by atoms with Crippen molar-refractivity contribution in [1.29, 1.82) is 0 Å². The van der Waals surface area contributed by atoms with E-state index < -0.39 is 59.7 Å². The van der Waals surface area contributed by atoms with Crippen LogP contribution in [0.4, 0.5) is 0 Å². The first-order valence-corrected chi connectivity index (χ1v) is 41.1. The van der Waals surface area contributed by atoms with Gasteiger partial charge in [0, 0.05) is 25.9 Å². The van der Waals surface area contributed by atoms with Gasteiger partial charge in [-0.05, 0) is 122 Å². The Balaban J connectivity index is 3.60. The van der Waals surface area contributed by atoms with E-state index in [2.05, 4.69) is 116 Å². The van der Waals surface area contributed by atoms with E-state index in [0.717, 1.165) is 18.5 Å². The molecule has 0 aliphatic rings. The zero-order valence-corrected chi connectivity index (χ0v) is 45.8. The third kappa shape index (κ3) is 23.7. The van der Waals surface area contributed by atoms with E-state index in [4.69, 9.17) is 33.9 Å². The van der Waals surface area contributed by atoms with Crippen molar-refractivity contribution in [2.24, 2.45) is 0 Å².